The van der Waals surface area contributed by atoms with E-state index in [2.05, 4.69) is 5.32 Å². The number of methoxy groups -OCH3 is 2. The van der Waals surface area contributed by atoms with E-state index in [4.69, 9.17) is 32.7 Å². The molecule has 23 heavy (non-hydrogen) atoms. The Morgan fingerprint density at radius 1 is 1.13 bits per heavy atom. The molecule has 0 unspecified atom stereocenters. The van der Waals surface area contributed by atoms with E-state index in [1.807, 2.05) is 0 Å². The van der Waals surface area contributed by atoms with Crippen molar-refractivity contribution in [3.05, 3.63) is 46.4 Å². The van der Waals surface area contributed by atoms with Crippen molar-refractivity contribution in [1.29, 1.82) is 0 Å². The molecule has 1 amide bonds. The van der Waals surface area contributed by atoms with Crippen molar-refractivity contribution >= 4 is 46.6 Å². The van der Waals surface area contributed by atoms with E-state index in [1.165, 1.54) is 18.9 Å². The fourth-order valence-corrected chi connectivity index (χ4v) is 3.34. The number of carbonyl (C=O) groups excluding carboxylic acids is 1. The van der Waals surface area contributed by atoms with Crippen LogP contribution in [-0.4, -0.2) is 25.9 Å². The first-order valence-electron chi connectivity index (χ1n) is 6.64. The van der Waals surface area contributed by atoms with Gasteiger partial charge in [0, 0.05) is 11.0 Å². The van der Waals surface area contributed by atoms with Crippen molar-refractivity contribution in [3.8, 4) is 11.5 Å². The van der Waals surface area contributed by atoms with E-state index >= 15 is 0 Å². The Hall–Kier alpha value is -1.56. The molecule has 2 aromatic rings. The summed E-state index contributed by atoms with van der Waals surface area (Å²) in [5.41, 5.74) is 0.544. The third kappa shape index (κ3) is 4.70. The van der Waals surface area contributed by atoms with Crippen molar-refractivity contribution < 1.29 is 14.3 Å². The van der Waals surface area contributed by atoms with Crippen LogP contribution in [0.3, 0.4) is 0 Å². The summed E-state index contributed by atoms with van der Waals surface area (Å²) in [7, 11) is 3.10. The summed E-state index contributed by atoms with van der Waals surface area (Å²) in [5.74, 6) is 1.16. The number of hydrogen-bond donors (Lipinski definition) is 1. The molecule has 0 saturated carbocycles. The van der Waals surface area contributed by atoms with Gasteiger partial charge in [-0.05, 0) is 24.3 Å². The van der Waals surface area contributed by atoms with Gasteiger partial charge in [-0.1, -0.05) is 29.3 Å². The summed E-state index contributed by atoms with van der Waals surface area (Å²) in [4.78, 5) is 12.8. The molecular weight excluding hydrogens is 357 g/mol. The highest BCUT2D eigenvalue weighted by Gasteiger charge is 2.12. The maximum absolute atomic E-state index is 12.2. The number of amides is 1. The van der Waals surface area contributed by atoms with E-state index in [0.29, 0.717) is 32.1 Å². The van der Waals surface area contributed by atoms with Crippen molar-refractivity contribution in [3.63, 3.8) is 0 Å². The zero-order valence-corrected chi connectivity index (χ0v) is 14.9. The van der Waals surface area contributed by atoms with Crippen molar-refractivity contribution in [2.45, 2.75) is 4.90 Å². The van der Waals surface area contributed by atoms with Gasteiger partial charge in [-0.2, -0.15) is 0 Å². The monoisotopic (exact) mass is 371 g/mol. The number of halogens is 2. The van der Waals surface area contributed by atoms with Crippen LogP contribution in [0, 0.1) is 0 Å². The molecule has 0 heterocycles. The van der Waals surface area contributed by atoms with E-state index < -0.39 is 0 Å². The smallest absolute Gasteiger partial charge is 0.234 e. The van der Waals surface area contributed by atoms with Gasteiger partial charge in [0.2, 0.25) is 5.91 Å². The molecule has 0 aliphatic carbocycles. The Bertz CT molecular complexity index is 689. The van der Waals surface area contributed by atoms with Crippen LogP contribution in [-0.2, 0) is 4.79 Å². The lowest BCUT2D eigenvalue weighted by Gasteiger charge is -2.12. The quantitative estimate of drug-likeness (QED) is 0.744. The van der Waals surface area contributed by atoms with Crippen LogP contribution in [0.2, 0.25) is 10.0 Å². The first-order valence-corrected chi connectivity index (χ1v) is 8.38. The lowest BCUT2D eigenvalue weighted by Crippen LogP contribution is -2.14. The molecule has 1 N–H and O–H groups in total. The van der Waals surface area contributed by atoms with E-state index in [1.54, 1.807) is 43.5 Å². The van der Waals surface area contributed by atoms with Gasteiger partial charge in [0.15, 0.2) is 0 Å². The molecular formula is C16H15Cl2NO3S. The third-order valence-electron chi connectivity index (χ3n) is 2.95. The fourth-order valence-electron chi connectivity index (χ4n) is 1.86. The van der Waals surface area contributed by atoms with Crippen molar-refractivity contribution in [2.75, 3.05) is 25.3 Å². The number of anilines is 1. The van der Waals surface area contributed by atoms with E-state index in [-0.39, 0.29) is 11.7 Å². The second-order valence-corrected chi connectivity index (χ2v) is 6.25. The van der Waals surface area contributed by atoms with Gasteiger partial charge in [-0.3, -0.25) is 4.79 Å². The molecule has 0 bridgehead atoms. The van der Waals surface area contributed by atoms with Gasteiger partial charge in [-0.25, -0.2) is 0 Å². The zero-order chi connectivity index (χ0) is 16.8. The lowest BCUT2D eigenvalue weighted by atomic mass is 10.2. The zero-order valence-electron chi connectivity index (χ0n) is 12.6. The standard InChI is InChI=1S/C16H15Cl2NO3S/c1-21-10-6-7-14(22-2)13(8-10)19-15(20)9-23-16-11(17)4-3-5-12(16)18/h3-8H,9H2,1-2H3,(H,19,20). The second kappa shape index (κ2) is 8.34. The molecule has 0 aromatic heterocycles. The second-order valence-electron chi connectivity index (χ2n) is 4.45. The number of nitrogens with one attached hydrogen (secondary N) is 1. The molecule has 0 spiro atoms. The number of carbonyl (C=O) groups is 1. The Morgan fingerprint density at radius 2 is 1.83 bits per heavy atom. The van der Waals surface area contributed by atoms with E-state index in [0.717, 1.165) is 0 Å². The van der Waals surface area contributed by atoms with Crippen LogP contribution in [0.15, 0.2) is 41.3 Å². The number of rotatable bonds is 6. The highest BCUT2D eigenvalue weighted by Crippen LogP contribution is 2.34. The van der Waals surface area contributed by atoms with Crippen LogP contribution in [0.1, 0.15) is 0 Å². The Kier molecular flexibility index (Phi) is 6.45. The van der Waals surface area contributed by atoms with Crippen LogP contribution in [0.4, 0.5) is 5.69 Å². The van der Waals surface area contributed by atoms with Gasteiger partial charge in [-0.15, -0.1) is 11.8 Å². The molecule has 2 aromatic carbocycles. The normalized spacial score (nSPS) is 10.3. The molecule has 0 atom stereocenters. The molecule has 4 nitrogen and oxygen atoms in total. The minimum Gasteiger partial charge on any atom is -0.497 e. The molecule has 0 aliphatic rings. The highest BCUT2D eigenvalue weighted by molar-refractivity contribution is 8.00. The molecule has 0 radical (unpaired) electrons. The summed E-state index contributed by atoms with van der Waals surface area (Å²) in [6, 6.07) is 10.4. The highest BCUT2D eigenvalue weighted by atomic mass is 35.5. The first-order chi connectivity index (χ1) is 11.0. The molecule has 2 rings (SSSR count). The predicted molar refractivity (Wildman–Crippen MR) is 95.4 cm³/mol. The molecule has 0 fully saturated rings. The summed E-state index contributed by atoms with van der Waals surface area (Å²) in [6.07, 6.45) is 0. The summed E-state index contributed by atoms with van der Waals surface area (Å²) >= 11 is 13.5. The molecule has 122 valence electrons. The average molecular weight is 372 g/mol. The van der Waals surface area contributed by atoms with Gasteiger partial charge in [0.05, 0.1) is 35.7 Å². The summed E-state index contributed by atoms with van der Waals surface area (Å²) in [5, 5.41) is 3.84. The van der Waals surface area contributed by atoms with Gasteiger partial charge >= 0.3 is 0 Å². The van der Waals surface area contributed by atoms with Crippen LogP contribution < -0.4 is 14.8 Å². The molecule has 0 aliphatic heterocycles. The Labute approximate surface area is 149 Å². The Morgan fingerprint density at radius 3 is 2.43 bits per heavy atom. The number of ether oxygens (including phenoxy) is 2. The number of thioether (sulfide) groups is 1. The SMILES string of the molecule is COc1ccc(OC)c(NC(=O)CSc2c(Cl)cccc2Cl)c1. The Balaban J connectivity index is 2.05. The van der Waals surface area contributed by atoms with Crippen molar-refractivity contribution in [2.24, 2.45) is 0 Å². The van der Waals surface area contributed by atoms with Crippen molar-refractivity contribution in [1.82, 2.24) is 0 Å². The summed E-state index contributed by atoms with van der Waals surface area (Å²) < 4.78 is 10.4. The van der Waals surface area contributed by atoms with Crippen LogP contribution in [0.5, 0.6) is 11.5 Å². The number of hydrogen-bond acceptors (Lipinski definition) is 4. The minimum atomic E-state index is -0.197. The maximum Gasteiger partial charge on any atom is 0.234 e. The van der Waals surface area contributed by atoms with Gasteiger partial charge in [0.1, 0.15) is 11.5 Å². The first kappa shape index (κ1) is 17.8. The minimum absolute atomic E-state index is 0.170. The summed E-state index contributed by atoms with van der Waals surface area (Å²) in [6.45, 7) is 0. The van der Waals surface area contributed by atoms with E-state index in [9.17, 15) is 4.79 Å². The molecule has 0 saturated heterocycles. The van der Waals surface area contributed by atoms with Crippen LogP contribution in [0.25, 0.3) is 0 Å². The molecule has 7 heteroatoms. The van der Waals surface area contributed by atoms with Gasteiger partial charge in [0.25, 0.3) is 0 Å². The number of benzene rings is 2. The fraction of sp³-hybridized carbons (Fsp3) is 0.188. The largest absolute Gasteiger partial charge is 0.497 e. The predicted octanol–water partition coefficient (Wildman–Crippen LogP) is 4.74. The topological polar surface area (TPSA) is 47.6 Å². The van der Waals surface area contributed by atoms with Crippen LogP contribution >= 0.6 is 35.0 Å². The van der Waals surface area contributed by atoms with Gasteiger partial charge < -0.3 is 14.8 Å². The average Bonchev–Trinajstić information content (AvgIpc) is 2.54. The third-order valence-corrected chi connectivity index (χ3v) is 4.94. The lowest BCUT2D eigenvalue weighted by molar-refractivity contribution is -0.113. The maximum atomic E-state index is 12.2.